The molecule has 0 unspecified atom stereocenters. The fraction of sp³-hybridized carbons (Fsp3) is 0.375. The Morgan fingerprint density at radius 1 is 1.67 bits per heavy atom. The molecule has 0 bridgehead atoms. The highest BCUT2D eigenvalue weighted by molar-refractivity contribution is 7.80. The lowest BCUT2D eigenvalue weighted by molar-refractivity contribution is 1.01. The lowest BCUT2D eigenvalue weighted by atomic mass is 10.0. The van der Waals surface area contributed by atoms with Crippen LogP contribution in [0.2, 0.25) is 0 Å². The molecule has 1 heteroatoms. The molecule has 1 aliphatic carbocycles. The molecule has 1 rings (SSSR count). The number of hydrogen-bond acceptors (Lipinski definition) is 1. The summed E-state index contributed by atoms with van der Waals surface area (Å²) < 4.78 is 0. The predicted octanol–water partition coefficient (Wildman–Crippen LogP) is 2.65. The maximum Gasteiger partial charge on any atom is 0.0153 e. The van der Waals surface area contributed by atoms with Gasteiger partial charge in [0.2, 0.25) is 0 Å². The van der Waals surface area contributed by atoms with Crippen LogP contribution in [0.1, 0.15) is 19.8 Å². The van der Waals surface area contributed by atoms with Gasteiger partial charge in [-0.05, 0) is 25.3 Å². The molecule has 0 saturated heterocycles. The predicted molar refractivity (Wildman–Crippen MR) is 44.7 cm³/mol. The van der Waals surface area contributed by atoms with Gasteiger partial charge in [-0.3, -0.25) is 0 Å². The van der Waals surface area contributed by atoms with E-state index in [9.17, 15) is 0 Å². The lowest BCUT2D eigenvalue weighted by Crippen LogP contribution is -1.94. The van der Waals surface area contributed by atoms with Gasteiger partial charge in [-0.15, -0.1) is 0 Å². The van der Waals surface area contributed by atoms with Gasteiger partial charge < -0.3 is 0 Å². The maximum atomic E-state index is 5.01. The highest BCUT2D eigenvalue weighted by Crippen LogP contribution is 2.12. The van der Waals surface area contributed by atoms with Gasteiger partial charge in [-0.2, -0.15) is 0 Å². The Bertz CT molecular complexity index is 175. The number of hydrogen-bond donors (Lipinski definition) is 0. The second-order valence-electron chi connectivity index (χ2n) is 2.21. The molecule has 0 aromatic carbocycles. The molecule has 0 amide bonds. The summed E-state index contributed by atoms with van der Waals surface area (Å²) in [6.07, 6.45) is 8.63. The average Bonchev–Trinajstić information content (AvgIpc) is 1.90. The summed E-state index contributed by atoms with van der Waals surface area (Å²) in [6.45, 7) is 1.99. The SMILES string of the molecule is CC(=S)C1=CC=CCC1. The quantitative estimate of drug-likeness (QED) is 0.502. The lowest BCUT2D eigenvalue weighted by Gasteiger charge is -2.04. The highest BCUT2D eigenvalue weighted by Gasteiger charge is 1.99. The minimum atomic E-state index is 1.04. The van der Waals surface area contributed by atoms with E-state index in [0.29, 0.717) is 0 Å². The molecule has 0 radical (unpaired) electrons. The summed E-state index contributed by atoms with van der Waals surface area (Å²) in [5, 5.41) is 0. The van der Waals surface area contributed by atoms with Crippen LogP contribution < -0.4 is 0 Å². The molecule has 9 heavy (non-hydrogen) atoms. The Hall–Kier alpha value is -0.430. The van der Waals surface area contributed by atoms with Crippen molar-refractivity contribution in [3.05, 3.63) is 23.8 Å². The topological polar surface area (TPSA) is 0 Å². The normalized spacial score (nSPS) is 17.2. The molecule has 0 N–H and O–H groups in total. The first-order valence-electron chi connectivity index (χ1n) is 3.17. The van der Waals surface area contributed by atoms with Gasteiger partial charge in [0.1, 0.15) is 0 Å². The molecule has 0 fully saturated rings. The summed E-state index contributed by atoms with van der Waals surface area (Å²) in [7, 11) is 0. The summed E-state index contributed by atoms with van der Waals surface area (Å²) in [6, 6.07) is 0. The van der Waals surface area contributed by atoms with Gasteiger partial charge in [0.15, 0.2) is 0 Å². The number of rotatable bonds is 1. The Morgan fingerprint density at radius 2 is 2.44 bits per heavy atom. The van der Waals surface area contributed by atoms with Crippen LogP contribution in [0.5, 0.6) is 0 Å². The van der Waals surface area contributed by atoms with Crippen molar-refractivity contribution < 1.29 is 0 Å². The third-order valence-corrected chi connectivity index (χ3v) is 1.73. The zero-order chi connectivity index (χ0) is 6.69. The van der Waals surface area contributed by atoms with E-state index in [0.717, 1.165) is 17.7 Å². The fourth-order valence-corrected chi connectivity index (χ4v) is 1.07. The Morgan fingerprint density at radius 3 is 2.78 bits per heavy atom. The molecule has 0 spiro atoms. The second kappa shape index (κ2) is 2.92. The van der Waals surface area contributed by atoms with Crippen molar-refractivity contribution in [3.63, 3.8) is 0 Å². The van der Waals surface area contributed by atoms with Gasteiger partial charge in [-0.25, -0.2) is 0 Å². The highest BCUT2D eigenvalue weighted by atomic mass is 32.1. The number of allylic oxidation sites excluding steroid dienone is 4. The first kappa shape index (κ1) is 6.69. The van der Waals surface area contributed by atoms with E-state index in [4.69, 9.17) is 12.2 Å². The monoisotopic (exact) mass is 138 g/mol. The largest absolute Gasteiger partial charge is 0.0849 e. The smallest absolute Gasteiger partial charge is 0.0153 e. The second-order valence-corrected chi connectivity index (χ2v) is 2.83. The van der Waals surface area contributed by atoms with Crippen molar-refractivity contribution in [3.8, 4) is 0 Å². The van der Waals surface area contributed by atoms with Gasteiger partial charge in [-0.1, -0.05) is 30.4 Å². The van der Waals surface area contributed by atoms with Crippen LogP contribution in [-0.2, 0) is 0 Å². The maximum absolute atomic E-state index is 5.01. The van der Waals surface area contributed by atoms with Crippen molar-refractivity contribution in [1.82, 2.24) is 0 Å². The summed E-state index contributed by atoms with van der Waals surface area (Å²) in [4.78, 5) is 1.04. The van der Waals surface area contributed by atoms with E-state index in [1.807, 2.05) is 6.92 Å². The minimum absolute atomic E-state index is 1.04. The summed E-state index contributed by atoms with van der Waals surface area (Å²) in [5.41, 5.74) is 1.33. The average molecular weight is 138 g/mol. The molecule has 0 saturated carbocycles. The zero-order valence-electron chi connectivity index (χ0n) is 5.55. The third-order valence-electron chi connectivity index (χ3n) is 1.47. The molecule has 0 aromatic heterocycles. The van der Waals surface area contributed by atoms with Crippen LogP contribution >= 0.6 is 12.2 Å². The van der Waals surface area contributed by atoms with Crippen molar-refractivity contribution in [2.24, 2.45) is 0 Å². The Balaban J connectivity index is 2.68. The molecule has 0 heterocycles. The van der Waals surface area contributed by atoms with Crippen LogP contribution in [-0.4, -0.2) is 4.86 Å². The van der Waals surface area contributed by atoms with E-state index in [-0.39, 0.29) is 0 Å². The summed E-state index contributed by atoms with van der Waals surface area (Å²) >= 11 is 5.01. The third kappa shape index (κ3) is 1.75. The van der Waals surface area contributed by atoms with Gasteiger partial charge in [0.25, 0.3) is 0 Å². The molecule has 1 aliphatic rings. The van der Waals surface area contributed by atoms with Crippen LogP contribution in [0, 0.1) is 0 Å². The van der Waals surface area contributed by atoms with E-state index < -0.39 is 0 Å². The van der Waals surface area contributed by atoms with Gasteiger partial charge in [0.05, 0.1) is 0 Å². The van der Waals surface area contributed by atoms with Crippen molar-refractivity contribution >= 4 is 17.1 Å². The fourth-order valence-electron chi connectivity index (χ4n) is 0.896. The Labute approximate surface area is 61.3 Å². The summed E-state index contributed by atoms with van der Waals surface area (Å²) in [5.74, 6) is 0. The first-order valence-corrected chi connectivity index (χ1v) is 3.58. The molecule has 0 nitrogen and oxygen atoms in total. The molecular weight excluding hydrogens is 128 g/mol. The van der Waals surface area contributed by atoms with Crippen LogP contribution in [0.3, 0.4) is 0 Å². The first-order chi connectivity index (χ1) is 4.30. The molecular formula is C8H10S. The molecule has 0 aliphatic heterocycles. The van der Waals surface area contributed by atoms with Crippen LogP contribution in [0.15, 0.2) is 23.8 Å². The van der Waals surface area contributed by atoms with Gasteiger partial charge in [0, 0.05) is 4.86 Å². The van der Waals surface area contributed by atoms with Crippen molar-refractivity contribution in [2.75, 3.05) is 0 Å². The van der Waals surface area contributed by atoms with E-state index >= 15 is 0 Å². The van der Waals surface area contributed by atoms with Crippen molar-refractivity contribution in [2.45, 2.75) is 19.8 Å². The van der Waals surface area contributed by atoms with Crippen molar-refractivity contribution in [1.29, 1.82) is 0 Å². The standard InChI is InChI=1S/C8H10S/c1-7(9)8-5-3-2-4-6-8/h2-3,5H,4,6H2,1H3. The number of thiocarbonyl (C=S) groups is 1. The van der Waals surface area contributed by atoms with Crippen LogP contribution in [0.4, 0.5) is 0 Å². The minimum Gasteiger partial charge on any atom is -0.0849 e. The van der Waals surface area contributed by atoms with Gasteiger partial charge >= 0.3 is 0 Å². The molecule has 0 aromatic rings. The van der Waals surface area contributed by atoms with E-state index in [2.05, 4.69) is 18.2 Å². The van der Waals surface area contributed by atoms with E-state index in [1.54, 1.807) is 0 Å². The molecule has 0 atom stereocenters. The Kier molecular flexibility index (Phi) is 2.17. The zero-order valence-corrected chi connectivity index (χ0v) is 6.37. The van der Waals surface area contributed by atoms with E-state index in [1.165, 1.54) is 5.57 Å². The van der Waals surface area contributed by atoms with Crippen LogP contribution in [0.25, 0.3) is 0 Å². The molecule has 48 valence electrons.